The van der Waals surface area contributed by atoms with E-state index in [4.69, 9.17) is 0 Å². The molecule has 1 heterocycles. The number of nitrogens with zero attached hydrogens (tertiary/aromatic N) is 2. The minimum absolute atomic E-state index is 0.0103. The second-order valence-corrected chi connectivity index (χ2v) is 5.34. The fourth-order valence-corrected chi connectivity index (χ4v) is 1.87. The lowest BCUT2D eigenvalue weighted by atomic mass is 10.2. The van der Waals surface area contributed by atoms with E-state index in [1.807, 2.05) is 6.92 Å². The molecule has 22 heavy (non-hydrogen) atoms. The van der Waals surface area contributed by atoms with Crippen molar-refractivity contribution in [3.63, 3.8) is 0 Å². The highest BCUT2D eigenvalue weighted by molar-refractivity contribution is 9.10. The van der Waals surface area contributed by atoms with Crippen molar-refractivity contribution in [3.05, 3.63) is 68.3 Å². The van der Waals surface area contributed by atoms with Gasteiger partial charge in [0.05, 0.1) is 4.92 Å². The maximum atomic E-state index is 11.8. The van der Waals surface area contributed by atoms with Gasteiger partial charge in [0.2, 0.25) is 5.91 Å². The van der Waals surface area contributed by atoms with Crippen molar-refractivity contribution in [3.8, 4) is 0 Å². The standard InChI is InChI=1S/C15H12BrN3O3/c1-10-8-14(17-9-13(10)16)18-15(20)7-4-11-2-5-12(6-3-11)19(21)22/h2-9H,1H3,(H,17,18,20)/b7-4+. The number of hydrogen-bond acceptors (Lipinski definition) is 4. The average Bonchev–Trinajstić information content (AvgIpc) is 2.49. The van der Waals surface area contributed by atoms with Gasteiger partial charge in [0.15, 0.2) is 0 Å². The molecule has 0 spiro atoms. The lowest BCUT2D eigenvalue weighted by molar-refractivity contribution is -0.384. The minimum Gasteiger partial charge on any atom is -0.307 e. The molecule has 0 unspecified atom stereocenters. The average molecular weight is 362 g/mol. The molecule has 2 aromatic rings. The Hall–Kier alpha value is -2.54. The topological polar surface area (TPSA) is 85.1 Å². The summed E-state index contributed by atoms with van der Waals surface area (Å²) in [5, 5.41) is 13.2. The van der Waals surface area contributed by atoms with Crippen molar-refractivity contribution in [1.29, 1.82) is 0 Å². The number of nitro groups is 1. The number of non-ortho nitro benzene ring substituents is 1. The van der Waals surface area contributed by atoms with Crippen molar-refractivity contribution < 1.29 is 9.72 Å². The number of carbonyl (C=O) groups is 1. The molecule has 1 aromatic heterocycles. The normalized spacial score (nSPS) is 10.6. The van der Waals surface area contributed by atoms with Crippen LogP contribution in [0.5, 0.6) is 0 Å². The zero-order valence-electron chi connectivity index (χ0n) is 11.6. The summed E-state index contributed by atoms with van der Waals surface area (Å²) in [6.07, 6.45) is 4.54. The monoisotopic (exact) mass is 361 g/mol. The number of aromatic nitrogens is 1. The summed E-state index contributed by atoms with van der Waals surface area (Å²) in [6.45, 7) is 1.90. The first-order valence-electron chi connectivity index (χ1n) is 6.31. The van der Waals surface area contributed by atoms with E-state index in [0.717, 1.165) is 10.0 Å². The van der Waals surface area contributed by atoms with Crippen LogP contribution in [0, 0.1) is 17.0 Å². The smallest absolute Gasteiger partial charge is 0.269 e. The van der Waals surface area contributed by atoms with Gasteiger partial charge >= 0.3 is 0 Å². The fourth-order valence-electron chi connectivity index (χ4n) is 1.65. The Labute approximate surface area is 135 Å². The van der Waals surface area contributed by atoms with Crippen molar-refractivity contribution in [2.24, 2.45) is 0 Å². The Bertz CT molecular complexity index is 742. The molecule has 7 heteroatoms. The number of rotatable bonds is 4. The SMILES string of the molecule is Cc1cc(NC(=O)/C=C/c2ccc([N+](=O)[O-])cc2)ncc1Br. The molecule has 1 aromatic carbocycles. The molecule has 0 radical (unpaired) electrons. The molecule has 2 rings (SSSR count). The van der Waals surface area contributed by atoms with Gasteiger partial charge < -0.3 is 5.32 Å². The largest absolute Gasteiger partial charge is 0.307 e. The molecule has 0 aliphatic heterocycles. The number of nitro benzene ring substituents is 1. The van der Waals surface area contributed by atoms with Gasteiger partial charge in [-0.2, -0.15) is 0 Å². The number of halogens is 1. The van der Waals surface area contributed by atoms with Crippen LogP contribution in [0.3, 0.4) is 0 Å². The molecule has 6 nitrogen and oxygen atoms in total. The number of amides is 1. The number of aryl methyl sites for hydroxylation is 1. The third-order valence-electron chi connectivity index (χ3n) is 2.83. The van der Waals surface area contributed by atoms with E-state index >= 15 is 0 Å². The van der Waals surface area contributed by atoms with Crippen LogP contribution in [0.2, 0.25) is 0 Å². The molecule has 1 amide bonds. The lowest BCUT2D eigenvalue weighted by Crippen LogP contribution is -2.09. The summed E-state index contributed by atoms with van der Waals surface area (Å²) in [6, 6.07) is 7.67. The molecular formula is C15H12BrN3O3. The van der Waals surface area contributed by atoms with Gasteiger partial charge in [-0.1, -0.05) is 0 Å². The summed E-state index contributed by atoms with van der Waals surface area (Å²) in [7, 11) is 0. The van der Waals surface area contributed by atoms with Gasteiger partial charge in [-0.3, -0.25) is 14.9 Å². The molecule has 0 saturated heterocycles. The first kappa shape index (κ1) is 15.8. The number of pyridine rings is 1. The minimum atomic E-state index is -0.470. The zero-order chi connectivity index (χ0) is 16.1. The molecule has 112 valence electrons. The Morgan fingerprint density at radius 2 is 2.05 bits per heavy atom. The maximum absolute atomic E-state index is 11.8. The van der Waals surface area contributed by atoms with E-state index in [0.29, 0.717) is 11.4 Å². The molecular weight excluding hydrogens is 350 g/mol. The van der Waals surface area contributed by atoms with Crippen molar-refractivity contribution in [2.45, 2.75) is 6.92 Å². The zero-order valence-corrected chi connectivity index (χ0v) is 13.2. The predicted octanol–water partition coefficient (Wildman–Crippen LogP) is 3.71. The molecule has 0 bridgehead atoms. The first-order chi connectivity index (χ1) is 10.5. The Morgan fingerprint density at radius 3 is 2.64 bits per heavy atom. The van der Waals surface area contributed by atoms with Crippen LogP contribution in [-0.4, -0.2) is 15.8 Å². The van der Waals surface area contributed by atoms with E-state index in [1.165, 1.54) is 18.2 Å². The third kappa shape index (κ3) is 4.23. The van der Waals surface area contributed by atoms with Crippen molar-refractivity contribution in [2.75, 3.05) is 5.32 Å². The van der Waals surface area contributed by atoms with E-state index in [9.17, 15) is 14.9 Å². The van der Waals surface area contributed by atoms with Crippen LogP contribution in [0.4, 0.5) is 11.5 Å². The van der Waals surface area contributed by atoms with Gasteiger partial charge in [0, 0.05) is 28.9 Å². The van der Waals surface area contributed by atoms with Gasteiger partial charge in [-0.15, -0.1) is 0 Å². The van der Waals surface area contributed by atoms with Gasteiger partial charge in [-0.05, 0) is 58.3 Å². The summed E-state index contributed by atoms with van der Waals surface area (Å²) >= 11 is 3.34. The molecule has 0 aliphatic carbocycles. The van der Waals surface area contributed by atoms with Crippen LogP contribution in [0.1, 0.15) is 11.1 Å². The molecule has 0 saturated carbocycles. The quantitative estimate of drug-likeness (QED) is 0.510. The van der Waals surface area contributed by atoms with E-state index in [2.05, 4.69) is 26.2 Å². The van der Waals surface area contributed by atoms with Gasteiger partial charge in [0.1, 0.15) is 5.82 Å². The van der Waals surface area contributed by atoms with Crippen LogP contribution in [0.15, 0.2) is 47.1 Å². The van der Waals surface area contributed by atoms with Crippen molar-refractivity contribution >= 4 is 39.4 Å². The summed E-state index contributed by atoms with van der Waals surface area (Å²) in [5.74, 6) is 0.131. The molecule has 0 aliphatic rings. The van der Waals surface area contributed by atoms with Crippen LogP contribution in [-0.2, 0) is 4.79 Å². The highest BCUT2D eigenvalue weighted by Gasteiger charge is 2.04. The number of hydrogen-bond donors (Lipinski definition) is 1. The second-order valence-electron chi connectivity index (χ2n) is 4.49. The highest BCUT2D eigenvalue weighted by Crippen LogP contribution is 2.17. The summed E-state index contributed by atoms with van der Waals surface area (Å²) < 4.78 is 0.868. The molecule has 0 fully saturated rings. The number of nitrogens with one attached hydrogen (secondary N) is 1. The highest BCUT2D eigenvalue weighted by atomic mass is 79.9. The summed E-state index contributed by atoms with van der Waals surface area (Å²) in [4.78, 5) is 26.0. The third-order valence-corrected chi connectivity index (χ3v) is 3.66. The van der Waals surface area contributed by atoms with E-state index in [1.54, 1.807) is 30.5 Å². The molecule has 1 N–H and O–H groups in total. The first-order valence-corrected chi connectivity index (χ1v) is 7.10. The Morgan fingerprint density at radius 1 is 1.36 bits per heavy atom. The van der Waals surface area contributed by atoms with Crippen LogP contribution < -0.4 is 5.32 Å². The van der Waals surface area contributed by atoms with E-state index in [-0.39, 0.29) is 11.6 Å². The predicted molar refractivity (Wildman–Crippen MR) is 87.4 cm³/mol. The Balaban J connectivity index is 2.01. The fraction of sp³-hybridized carbons (Fsp3) is 0.0667. The number of anilines is 1. The number of benzene rings is 1. The Kier molecular flexibility index (Phi) is 5.00. The van der Waals surface area contributed by atoms with Gasteiger partial charge in [-0.25, -0.2) is 4.98 Å². The number of carbonyl (C=O) groups excluding carboxylic acids is 1. The van der Waals surface area contributed by atoms with Crippen LogP contribution >= 0.6 is 15.9 Å². The van der Waals surface area contributed by atoms with Crippen molar-refractivity contribution in [1.82, 2.24) is 4.98 Å². The lowest BCUT2D eigenvalue weighted by Gasteiger charge is -2.03. The van der Waals surface area contributed by atoms with Gasteiger partial charge in [0.25, 0.3) is 5.69 Å². The maximum Gasteiger partial charge on any atom is 0.269 e. The van der Waals surface area contributed by atoms with E-state index < -0.39 is 4.92 Å². The molecule has 0 atom stereocenters. The summed E-state index contributed by atoms with van der Waals surface area (Å²) in [5.41, 5.74) is 1.67. The second kappa shape index (κ2) is 6.95. The van der Waals surface area contributed by atoms with Crippen LogP contribution in [0.25, 0.3) is 6.08 Å².